The molecule has 0 saturated carbocycles. The molecule has 1 heterocycles. The van der Waals surface area contributed by atoms with Gasteiger partial charge in [-0.25, -0.2) is 14.8 Å². The minimum Gasteiger partial charge on any atom is -0.392 e. The Balaban J connectivity index is 2.00. The van der Waals surface area contributed by atoms with Gasteiger partial charge in [0.2, 0.25) is 0 Å². The van der Waals surface area contributed by atoms with Crippen molar-refractivity contribution in [3.63, 3.8) is 0 Å². The van der Waals surface area contributed by atoms with E-state index >= 15 is 0 Å². The van der Waals surface area contributed by atoms with Gasteiger partial charge >= 0.3 is 6.03 Å². The lowest BCUT2D eigenvalue weighted by atomic mass is 10.0. The summed E-state index contributed by atoms with van der Waals surface area (Å²) < 4.78 is 0. The third kappa shape index (κ3) is 4.75. The zero-order valence-electron chi connectivity index (χ0n) is 13.6. The quantitative estimate of drug-likeness (QED) is 0.887. The van der Waals surface area contributed by atoms with Crippen LogP contribution in [0.2, 0.25) is 0 Å². The summed E-state index contributed by atoms with van der Waals surface area (Å²) in [6.45, 7) is 3.87. The molecule has 6 heteroatoms. The van der Waals surface area contributed by atoms with E-state index in [-0.39, 0.29) is 12.1 Å². The zero-order chi connectivity index (χ0) is 16.8. The number of amides is 2. The molecule has 2 rings (SSSR count). The number of likely N-dealkylation sites (N-methyl/N-ethyl adjacent to an activating group) is 1. The minimum atomic E-state index is -0.548. The van der Waals surface area contributed by atoms with Gasteiger partial charge in [0.15, 0.2) is 0 Å². The lowest BCUT2D eigenvalue weighted by Gasteiger charge is -2.22. The molecule has 0 spiro atoms. The van der Waals surface area contributed by atoms with Crippen molar-refractivity contribution in [3.8, 4) is 11.1 Å². The average Bonchev–Trinajstić information content (AvgIpc) is 2.55. The van der Waals surface area contributed by atoms with Crippen molar-refractivity contribution >= 4 is 6.03 Å². The monoisotopic (exact) mass is 314 g/mol. The summed E-state index contributed by atoms with van der Waals surface area (Å²) in [5.74, 6) is 0. The topological polar surface area (TPSA) is 78.4 Å². The van der Waals surface area contributed by atoms with Crippen LogP contribution in [-0.2, 0) is 0 Å². The maximum atomic E-state index is 12.0. The molecule has 1 aromatic heterocycles. The number of aromatic nitrogens is 2. The number of hydrogen-bond acceptors (Lipinski definition) is 4. The van der Waals surface area contributed by atoms with Gasteiger partial charge in [-0.2, -0.15) is 0 Å². The van der Waals surface area contributed by atoms with Gasteiger partial charge in [-0.1, -0.05) is 24.3 Å². The van der Waals surface area contributed by atoms with Crippen LogP contribution in [0.15, 0.2) is 43.0 Å². The molecule has 2 unspecified atom stereocenters. The summed E-state index contributed by atoms with van der Waals surface area (Å²) in [5, 5.41) is 12.2. The first-order chi connectivity index (χ1) is 11.0. The van der Waals surface area contributed by atoms with Crippen molar-refractivity contribution in [2.24, 2.45) is 0 Å². The average molecular weight is 314 g/mol. The van der Waals surface area contributed by atoms with Crippen molar-refractivity contribution in [3.05, 3.63) is 48.5 Å². The molecule has 1 aromatic carbocycles. The molecule has 122 valence electrons. The Hall–Kier alpha value is -2.47. The molecule has 0 aliphatic heterocycles. The van der Waals surface area contributed by atoms with Crippen LogP contribution in [0.25, 0.3) is 11.1 Å². The Morgan fingerprint density at radius 3 is 2.35 bits per heavy atom. The van der Waals surface area contributed by atoms with Crippen molar-refractivity contribution < 1.29 is 9.90 Å². The van der Waals surface area contributed by atoms with E-state index in [4.69, 9.17) is 0 Å². The van der Waals surface area contributed by atoms with Crippen molar-refractivity contribution in [1.82, 2.24) is 20.2 Å². The maximum absolute atomic E-state index is 12.0. The Morgan fingerprint density at radius 2 is 1.78 bits per heavy atom. The summed E-state index contributed by atoms with van der Waals surface area (Å²) in [5.41, 5.74) is 2.98. The third-order valence-electron chi connectivity index (χ3n) is 3.53. The van der Waals surface area contributed by atoms with Gasteiger partial charge in [0.05, 0.1) is 12.1 Å². The Morgan fingerprint density at radius 1 is 1.17 bits per heavy atom. The second kappa shape index (κ2) is 7.69. The summed E-state index contributed by atoms with van der Waals surface area (Å²) in [6.07, 6.45) is 4.48. The fraction of sp³-hybridized carbons (Fsp3) is 0.353. The lowest BCUT2D eigenvalue weighted by Crippen LogP contribution is -2.41. The molecule has 0 bridgehead atoms. The van der Waals surface area contributed by atoms with Gasteiger partial charge in [-0.15, -0.1) is 0 Å². The maximum Gasteiger partial charge on any atom is 0.317 e. The second-order valence-corrected chi connectivity index (χ2v) is 5.65. The van der Waals surface area contributed by atoms with Gasteiger partial charge in [0.1, 0.15) is 6.33 Å². The van der Waals surface area contributed by atoms with E-state index in [0.29, 0.717) is 6.54 Å². The number of rotatable bonds is 5. The standard InChI is InChI=1S/C17H22N4O2/c1-12(22)10-21(3)17(23)20-13(2)14-4-6-15(7-5-14)16-8-18-11-19-9-16/h4-9,11-13,22H,10H2,1-3H3,(H,20,23). The molecular formula is C17H22N4O2. The number of urea groups is 1. The summed E-state index contributed by atoms with van der Waals surface area (Å²) >= 11 is 0. The van der Waals surface area contributed by atoms with E-state index in [0.717, 1.165) is 16.7 Å². The largest absolute Gasteiger partial charge is 0.392 e. The van der Waals surface area contributed by atoms with E-state index in [9.17, 15) is 9.90 Å². The molecule has 23 heavy (non-hydrogen) atoms. The zero-order valence-corrected chi connectivity index (χ0v) is 13.6. The van der Waals surface area contributed by atoms with Crippen LogP contribution < -0.4 is 5.32 Å². The second-order valence-electron chi connectivity index (χ2n) is 5.65. The van der Waals surface area contributed by atoms with Crippen LogP contribution in [0.5, 0.6) is 0 Å². The molecule has 0 aliphatic rings. The van der Waals surface area contributed by atoms with Crippen LogP contribution in [0.1, 0.15) is 25.5 Å². The fourth-order valence-electron chi connectivity index (χ4n) is 2.27. The van der Waals surface area contributed by atoms with Gasteiger partial charge in [0, 0.05) is 31.5 Å². The Kier molecular flexibility index (Phi) is 5.65. The summed E-state index contributed by atoms with van der Waals surface area (Å²) in [7, 11) is 1.66. The highest BCUT2D eigenvalue weighted by molar-refractivity contribution is 5.74. The first-order valence-electron chi connectivity index (χ1n) is 7.52. The lowest BCUT2D eigenvalue weighted by molar-refractivity contribution is 0.142. The third-order valence-corrected chi connectivity index (χ3v) is 3.53. The molecular weight excluding hydrogens is 292 g/mol. The van der Waals surface area contributed by atoms with Crippen LogP contribution in [0.3, 0.4) is 0 Å². The van der Waals surface area contributed by atoms with E-state index in [1.165, 1.54) is 11.2 Å². The van der Waals surface area contributed by atoms with Gasteiger partial charge in [0.25, 0.3) is 0 Å². The number of aliphatic hydroxyl groups is 1. The number of nitrogens with zero attached hydrogens (tertiary/aromatic N) is 3. The van der Waals surface area contributed by atoms with Crippen LogP contribution in [-0.4, -0.2) is 45.7 Å². The number of carbonyl (C=O) groups is 1. The van der Waals surface area contributed by atoms with Crippen LogP contribution in [0.4, 0.5) is 4.79 Å². The predicted molar refractivity (Wildman–Crippen MR) is 88.7 cm³/mol. The normalized spacial score (nSPS) is 13.2. The Bertz CT molecular complexity index is 629. The Labute approximate surface area is 136 Å². The van der Waals surface area contributed by atoms with Crippen LogP contribution in [0, 0.1) is 0 Å². The SMILES string of the molecule is CC(O)CN(C)C(=O)NC(C)c1ccc(-c2cncnc2)cc1. The molecule has 0 fully saturated rings. The van der Waals surface area contributed by atoms with Crippen molar-refractivity contribution in [2.45, 2.75) is 26.0 Å². The van der Waals surface area contributed by atoms with Gasteiger partial charge in [-0.05, 0) is 25.0 Å². The number of carbonyl (C=O) groups excluding carboxylic acids is 1. The highest BCUT2D eigenvalue weighted by Gasteiger charge is 2.14. The molecule has 2 aromatic rings. The summed E-state index contributed by atoms with van der Waals surface area (Å²) in [4.78, 5) is 21.5. The molecule has 0 saturated heterocycles. The highest BCUT2D eigenvalue weighted by Crippen LogP contribution is 2.20. The first kappa shape index (κ1) is 16.9. The van der Waals surface area contributed by atoms with E-state index in [1.54, 1.807) is 26.4 Å². The van der Waals surface area contributed by atoms with E-state index in [1.807, 2.05) is 31.2 Å². The summed E-state index contributed by atoms with van der Waals surface area (Å²) in [6, 6.07) is 7.58. The minimum absolute atomic E-state index is 0.125. The van der Waals surface area contributed by atoms with Gasteiger partial charge < -0.3 is 15.3 Å². The van der Waals surface area contributed by atoms with E-state index < -0.39 is 6.10 Å². The number of benzene rings is 1. The van der Waals surface area contributed by atoms with E-state index in [2.05, 4.69) is 15.3 Å². The number of aliphatic hydroxyl groups excluding tert-OH is 1. The molecule has 2 amide bonds. The molecule has 0 radical (unpaired) electrons. The van der Waals surface area contributed by atoms with Gasteiger partial charge in [-0.3, -0.25) is 0 Å². The molecule has 2 N–H and O–H groups in total. The molecule has 2 atom stereocenters. The smallest absolute Gasteiger partial charge is 0.317 e. The van der Waals surface area contributed by atoms with Crippen LogP contribution >= 0.6 is 0 Å². The first-order valence-corrected chi connectivity index (χ1v) is 7.52. The highest BCUT2D eigenvalue weighted by atomic mass is 16.3. The fourth-order valence-corrected chi connectivity index (χ4v) is 2.27. The molecule has 0 aliphatic carbocycles. The number of hydrogen-bond donors (Lipinski definition) is 2. The van der Waals surface area contributed by atoms with Crippen molar-refractivity contribution in [1.29, 1.82) is 0 Å². The number of nitrogens with one attached hydrogen (secondary N) is 1. The molecule has 6 nitrogen and oxygen atoms in total. The van der Waals surface area contributed by atoms with Crippen molar-refractivity contribution in [2.75, 3.05) is 13.6 Å². The predicted octanol–water partition coefficient (Wildman–Crippen LogP) is 2.23.